The molecule has 3 aromatic carbocycles. The van der Waals surface area contributed by atoms with Gasteiger partial charge in [0, 0.05) is 18.4 Å². The zero-order chi connectivity index (χ0) is 19.8. The van der Waals surface area contributed by atoms with E-state index in [4.69, 9.17) is 0 Å². The Bertz CT molecular complexity index is 1060. The highest BCUT2D eigenvalue weighted by molar-refractivity contribution is 7.90. The minimum Gasteiger partial charge on any atom is -0.306 e. The average Bonchev–Trinajstić information content (AvgIpc) is 2.71. The molecule has 0 aliphatic rings. The number of nitrogens with one attached hydrogen (secondary N) is 1. The zero-order valence-electron chi connectivity index (χ0n) is 15.9. The van der Waals surface area contributed by atoms with Crippen LogP contribution in [0.25, 0.3) is 11.1 Å². The van der Waals surface area contributed by atoms with E-state index in [0.29, 0.717) is 11.4 Å². The molecular formula is C24H23NO2S. The van der Waals surface area contributed by atoms with Crippen LogP contribution in [0, 0.1) is 11.8 Å². The van der Waals surface area contributed by atoms with Gasteiger partial charge in [-0.2, -0.15) is 0 Å². The summed E-state index contributed by atoms with van der Waals surface area (Å²) in [6.07, 6.45) is 2.05. The minimum atomic E-state index is -3.13. The SMILES string of the molecule is CS(=O)(=O)c1ccc(CCNCC#Cc2ccc(-c3ccccc3)cc2)cc1. The maximum absolute atomic E-state index is 11.5. The van der Waals surface area contributed by atoms with E-state index in [2.05, 4.69) is 41.4 Å². The first-order valence-electron chi connectivity index (χ1n) is 9.16. The molecule has 3 nitrogen and oxygen atoms in total. The zero-order valence-corrected chi connectivity index (χ0v) is 16.7. The molecule has 0 amide bonds. The highest BCUT2D eigenvalue weighted by Crippen LogP contribution is 2.18. The molecule has 3 rings (SSSR count). The third-order valence-electron chi connectivity index (χ3n) is 4.38. The van der Waals surface area contributed by atoms with E-state index in [1.165, 1.54) is 17.4 Å². The second-order valence-electron chi connectivity index (χ2n) is 6.59. The lowest BCUT2D eigenvalue weighted by Crippen LogP contribution is -2.17. The van der Waals surface area contributed by atoms with Crippen LogP contribution in [-0.2, 0) is 16.3 Å². The molecule has 0 radical (unpaired) electrons. The summed E-state index contributed by atoms with van der Waals surface area (Å²) in [5, 5.41) is 3.29. The monoisotopic (exact) mass is 389 g/mol. The van der Waals surface area contributed by atoms with Crippen LogP contribution in [0.2, 0.25) is 0 Å². The summed E-state index contributed by atoms with van der Waals surface area (Å²) in [4.78, 5) is 0.355. The number of rotatable bonds is 6. The van der Waals surface area contributed by atoms with E-state index in [1.54, 1.807) is 12.1 Å². The summed E-state index contributed by atoms with van der Waals surface area (Å²) in [7, 11) is -3.13. The molecule has 0 saturated heterocycles. The van der Waals surface area contributed by atoms with Crippen molar-refractivity contribution in [2.45, 2.75) is 11.3 Å². The van der Waals surface area contributed by atoms with Crippen molar-refractivity contribution in [1.82, 2.24) is 5.32 Å². The van der Waals surface area contributed by atoms with Crippen molar-refractivity contribution in [2.75, 3.05) is 19.3 Å². The van der Waals surface area contributed by atoms with E-state index < -0.39 is 9.84 Å². The van der Waals surface area contributed by atoms with Gasteiger partial charge in [0.25, 0.3) is 0 Å². The highest BCUT2D eigenvalue weighted by atomic mass is 32.2. The molecule has 142 valence electrons. The van der Waals surface area contributed by atoms with Gasteiger partial charge in [-0.25, -0.2) is 8.42 Å². The second kappa shape index (κ2) is 9.36. The molecule has 0 fully saturated rings. The summed E-state index contributed by atoms with van der Waals surface area (Å²) in [5.74, 6) is 6.30. The van der Waals surface area contributed by atoms with Gasteiger partial charge in [-0.3, -0.25) is 0 Å². The summed E-state index contributed by atoms with van der Waals surface area (Å²) < 4.78 is 22.9. The van der Waals surface area contributed by atoms with Crippen molar-refractivity contribution in [1.29, 1.82) is 0 Å². The first kappa shape index (κ1) is 19.9. The molecule has 3 aromatic rings. The van der Waals surface area contributed by atoms with Gasteiger partial charge in [-0.05, 0) is 47.4 Å². The fraction of sp³-hybridized carbons (Fsp3) is 0.167. The fourth-order valence-corrected chi connectivity index (χ4v) is 3.44. The van der Waals surface area contributed by atoms with Crippen LogP contribution < -0.4 is 5.32 Å². The van der Waals surface area contributed by atoms with Crippen LogP contribution in [0.5, 0.6) is 0 Å². The van der Waals surface area contributed by atoms with Gasteiger partial charge in [0.05, 0.1) is 11.4 Å². The molecule has 0 aromatic heterocycles. The summed E-state index contributed by atoms with van der Waals surface area (Å²) >= 11 is 0. The molecule has 0 aliphatic heterocycles. The normalized spacial score (nSPS) is 10.9. The van der Waals surface area contributed by atoms with Gasteiger partial charge >= 0.3 is 0 Å². The Morgan fingerprint density at radius 1 is 0.821 bits per heavy atom. The summed E-state index contributed by atoms with van der Waals surface area (Å²) in [6.45, 7) is 1.40. The maximum atomic E-state index is 11.5. The predicted octanol–water partition coefficient (Wildman–Crippen LogP) is 3.94. The molecule has 0 heterocycles. The van der Waals surface area contributed by atoms with Crippen LogP contribution in [-0.4, -0.2) is 27.8 Å². The lowest BCUT2D eigenvalue weighted by molar-refractivity contribution is 0.602. The van der Waals surface area contributed by atoms with E-state index in [0.717, 1.165) is 24.1 Å². The van der Waals surface area contributed by atoms with E-state index in [9.17, 15) is 8.42 Å². The minimum absolute atomic E-state index is 0.355. The topological polar surface area (TPSA) is 46.2 Å². The standard InChI is InChI=1S/C24H23NO2S/c1-28(26,27)24-15-11-21(12-16-24)17-19-25-18-5-6-20-9-13-23(14-10-20)22-7-3-2-4-8-22/h2-4,7-16,25H,17-19H2,1H3. The second-order valence-corrected chi connectivity index (χ2v) is 8.60. The third kappa shape index (κ3) is 5.82. The van der Waals surface area contributed by atoms with E-state index in [-0.39, 0.29) is 0 Å². The van der Waals surface area contributed by atoms with Gasteiger partial charge in [0.1, 0.15) is 0 Å². The Morgan fingerprint density at radius 2 is 1.46 bits per heavy atom. The molecule has 0 unspecified atom stereocenters. The van der Waals surface area contributed by atoms with Crippen molar-refractivity contribution < 1.29 is 8.42 Å². The molecule has 0 saturated carbocycles. The van der Waals surface area contributed by atoms with Crippen LogP contribution in [0.4, 0.5) is 0 Å². The summed E-state index contributed by atoms with van der Waals surface area (Å²) in [5.41, 5.74) is 4.49. The number of benzene rings is 3. The van der Waals surface area contributed by atoms with Gasteiger partial charge in [0.15, 0.2) is 9.84 Å². The Labute approximate surface area is 167 Å². The van der Waals surface area contributed by atoms with Crippen LogP contribution in [0.3, 0.4) is 0 Å². The van der Waals surface area contributed by atoms with Gasteiger partial charge in [0.2, 0.25) is 0 Å². The van der Waals surface area contributed by atoms with Gasteiger partial charge < -0.3 is 5.32 Å². The Hall–Kier alpha value is -2.87. The van der Waals surface area contributed by atoms with Gasteiger partial charge in [-0.15, -0.1) is 0 Å². The molecule has 28 heavy (non-hydrogen) atoms. The largest absolute Gasteiger partial charge is 0.306 e. The lowest BCUT2D eigenvalue weighted by atomic mass is 10.0. The van der Waals surface area contributed by atoms with E-state index in [1.807, 2.05) is 42.5 Å². The third-order valence-corrected chi connectivity index (χ3v) is 5.51. The quantitative estimate of drug-likeness (QED) is 0.513. The molecule has 0 aliphatic carbocycles. The molecule has 1 N–H and O–H groups in total. The summed E-state index contributed by atoms with van der Waals surface area (Å²) in [6, 6.07) is 25.6. The Morgan fingerprint density at radius 3 is 2.11 bits per heavy atom. The molecule has 0 spiro atoms. The van der Waals surface area contributed by atoms with Crippen molar-refractivity contribution in [2.24, 2.45) is 0 Å². The smallest absolute Gasteiger partial charge is 0.175 e. The van der Waals surface area contributed by atoms with Crippen molar-refractivity contribution >= 4 is 9.84 Å². The molecule has 0 bridgehead atoms. The molecule has 0 atom stereocenters. The Kier molecular flexibility index (Phi) is 6.65. The fourth-order valence-electron chi connectivity index (χ4n) is 2.81. The van der Waals surface area contributed by atoms with Crippen molar-refractivity contribution in [3.63, 3.8) is 0 Å². The average molecular weight is 390 g/mol. The Balaban J connectivity index is 1.44. The number of hydrogen-bond acceptors (Lipinski definition) is 3. The van der Waals surface area contributed by atoms with Crippen molar-refractivity contribution in [3.05, 3.63) is 90.0 Å². The van der Waals surface area contributed by atoms with Crippen LogP contribution in [0.1, 0.15) is 11.1 Å². The molecule has 4 heteroatoms. The molecular weight excluding hydrogens is 366 g/mol. The number of sulfone groups is 1. The van der Waals surface area contributed by atoms with Crippen LogP contribution in [0.15, 0.2) is 83.8 Å². The van der Waals surface area contributed by atoms with E-state index >= 15 is 0 Å². The highest BCUT2D eigenvalue weighted by Gasteiger charge is 2.05. The lowest BCUT2D eigenvalue weighted by Gasteiger charge is -2.03. The van der Waals surface area contributed by atoms with Gasteiger partial charge in [-0.1, -0.05) is 66.4 Å². The maximum Gasteiger partial charge on any atom is 0.175 e. The van der Waals surface area contributed by atoms with Crippen molar-refractivity contribution in [3.8, 4) is 23.0 Å². The first-order chi connectivity index (χ1) is 13.5. The predicted molar refractivity (Wildman–Crippen MR) is 115 cm³/mol. The first-order valence-corrected chi connectivity index (χ1v) is 11.1. The van der Waals surface area contributed by atoms with Crippen LogP contribution >= 0.6 is 0 Å². The number of hydrogen-bond donors (Lipinski definition) is 1.